The lowest BCUT2D eigenvalue weighted by Gasteiger charge is -2.19. The predicted octanol–water partition coefficient (Wildman–Crippen LogP) is 3.83. The van der Waals surface area contributed by atoms with E-state index in [1.807, 2.05) is 6.92 Å². The highest BCUT2D eigenvalue weighted by molar-refractivity contribution is 5.91. The third-order valence-electron chi connectivity index (χ3n) is 7.56. The van der Waals surface area contributed by atoms with Gasteiger partial charge in [-0.3, -0.25) is 24.2 Å². The van der Waals surface area contributed by atoms with Crippen LogP contribution in [-0.2, 0) is 28.7 Å². The molecule has 0 saturated heterocycles. The summed E-state index contributed by atoms with van der Waals surface area (Å²) in [4.78, 5) is 76.7. The second kappa shape index (κ2) is 23.8. The lowest BCUT2D eigenvalue weighted by molar-refractivity contribution is -0.153. The molecule has 16 nitrogen and oxygen atoms in total. The molecule has 0 rings (SSSR count). The van der Waals surface area contributed by atoms with Crippen molar-refractivity contribution in [1.82, 2.24) is 21.6 Å². The Hall–Kier alpha value is -4.50. The number of carbonyl (C=O) groups excluding carboxylic acids is 6. The fourth-order valence-electron chi connectivity index (χ4n) is 3.69. The van der Waals surface area contributed by atoms with E-state index in [0.717, 1.165) is 5.71 Å². The van der Waals surface area contributed by atoms with Gasteiger partial charge in [-0.2, -0.15) is 15.3 Å². The number of ether oxygens (including phenoxy) is 2. The minimum absolute atomic E-state index is 0.00231. The Labute approximate surface area is 283 Å². The van der Waals surface area contributed by atoms with Crippen molar-refractivity contribution in [2.24, 2.45) is 32.1 Å². The quantitative estimate of drug-likeness (QED) is 0.0792. The molecule has 0 radical (unpaired) electrons. The van der Waals surface area contributed by atoms with Crippen molar-refractivity contribution in [3.05, 3.63) is 0 Å². The van der Waals surface area contributed by atoms with Crippen LogP contribution in [0.2, 0.25) is 0 Å². The van der Waals surface area contributed by atoms with E-state index in [1.165, 1.54) is 7.05 Å². The number of ketones is 2. The highest BCUT2D eigenvalue weighted by Gasteiger charge is 2.24. The van der Waals surface area contributed by atoms with Gasteiger partial charge in [0.1, 0.15) is 23.8 Å². The Balaban J connectivity index is 4.50. The molecular weight excluding hydrogens is 624 g/mol. The maximum atomic E-state index is 12.6. The first-order chi connectivity index (χ1) is 22.5. The van der Waals surface area contributed by atoms with Gasteiger partial charge in [-0.05, 0) is 67.2 Å². The summed E-state index contributed by atoms with van der Waals surface area (Å²) in [7, 11) is 3.14. The molecule has 4 atom stereocenters. The van der Waals surface area contributed by atoms with Crippen LogP contribution in [0.3, 0.4) is 0 Å². The van der Waals surface area contributed by atoms with E-state index in [-0.39, 0.29) is 50.1 Å². The SMILES string of the molecule is CN=C(C)CCC(=O)C(C)C(C)OC(=O)CC/C(C)=N/NC(=O)N/N=C(\C)CCC(=O)C(C)C(C)OC(=O)CC/C(C)=N/NC(=O)NC. The van der Waals surface area contributed by atoms with Gasteiger partial charge in [0.25, 0.3) is 0 Å². The first-order valence-corrected chi connectivity index (χ1v) is 16.0. The fraction of sp³-hybridized carbons (Fsp3) is 0.688. The second-order valence-electron chi connectivity index (χ2n) is 11.6. The zero-order valence-corrected chi connectivity index (χ0v) is 30.0. The van der Waals surface area contributed by atoms with Gasteiger partial charge in [0.15, 0.2) is 0 Å². The molecule has 0 bridgehead atoms. The number of Topliss-reactive ketones (excluding diaryl/α,β-unsaturated/α-hetero) is 2. The summed E-state index contributed by atoms with van der Waals surface area (Å²) in [5.41, 5.74) is 9.26. The molecule has 0 heterocycles. The summed E-state index contributed by atoms with van der Waals surface area (Å²) >= 11 is 0. The van der Waals surface area contributed by atoms with Crippen LogP contribution in [0.4, 0.5) is 9.59 Å². The van der Waals surface area contributed by atoms with Gasteiger partial charge < -0.3 is 14.8 Å². The van der Waals surface area contributed by atoms with Gasteiger partial charge in [-0.1, -0.05) is 13.8 Å². The number of hydrogen-bond acceptors (Lipinski definition) is 12. The molecule has 48 heavy (non-hydrogen) atoms. The van der Waals surface area contributed by atoms with Crippen molar-refractivity contribution < 1.29 is 38.2 Å². The number of urea groups is 2. The first-order valence-electron chi connectivity index (χ1n) is 16.0. The van der Waals surface area contributed by atoms with Gasteiger partial charge in [0, 0.05) is 49.8 Å². The molecule has 270 valence electrons. The van der Waals surface area contributed by atoms with E-state index in [2.05, 4.69) is 41.9 Å². The third kappa shape index (κ3) is 19.9. The van der Waals surface area contributed by atoms with Crippen molar-refractivity contribution in [2.75, 3.05) is 14.1 Å². The van der Waals surface area contributed by atoms with Crippen LogP contribution in [-0.4, -0.2) is 84.7 Å². The Bertz CT molecular complexity index is 1240. The maximum absolute atomic E-state index is 12.6. The average Bonchev–Trinajstić information content (AvgIpc) is 3.06. The van der Waals surface area contributed by atoms with Crippen molar-refractivity contribution in [2.45, 2.75) is 119 Å². The molecule has 4 N–H and O–H groups in total. The van der Waals surface area contributed by atoms with Crippen LogP contribution in [0, 0.1) is 11.8 Å². The molecule has 0 aliphatic carbocycles. The van der Waals surface area contributed by atoms with Gasteiger partial charge in [0.2, 0.25) is 0 Å². The molecule has 0 fully saturated rings. The minimum Gasteiger partial charge on any atom is -0.462 e. The molecule has 4 amide bonds. The van der Waals surface area contributed by atoms with E-state index in [1.54, 1.807) is 55.5 Å². The third-order valence-corrected chi connectivity index (χ3v) is 7.56. The standard InChI is InChI=1S/C32H54N8O8/c1-19(33-9)11-15-27(41)23(5)25(7)47-30(44)18-14-22(4)37-40-32(46)39-36-20(2)12-16-28(42)24(6)26(8)48-29(43)17-13-21(3)35-38-31(45)34-10/h23-26H,11-18H2,1-10H3,(H2,34,38,45)(H2,39,40,46)/b33-19?,35-21+,36-20+,37-22+. The van der Waals surface area contributed by atoms with Crippen LogP contribution in [0.5, 0.6) is 0 Å². The maximum Gasteiger partial charge on any atom is 0.355 e. The molecule has 0 aromatic carbocycles. The van der Waals surface area contributed by atoms with Crippen LogP contribution < -0.4 is 21.6 Å². The van der Waals surface area contributed by atoms with Crippen molar-refractivity contribution in [3.8, 4) is 0 Å². The summed E-state index contributed by atoms with van der Waals surface area (Å²) < 4.78 is 10.8. The number of hydrogen-bond donors (Lipinski definition) is 4. The van der Waals surface area contributed by atoms with Crippen LogP contribution in [0.15, 0.2) is 20.3 Å². The Morgan fingerprint density at radius 3 is 1.21 bits per heavy atom. The highest BCUT2D eigenvalue weighted by atomic mass is 16.5. The molecule has 0 saturated carbocycles. The lowest BCUT2D eigenvalue weighted by atomic mass is 9.96. The summed E-state index contributed by atoms with van der Waals surface area (Å²) in [5, 5.41) is 14.1. The topological polar surface area (TPSA) is 218 Å². The van der Waals surface area contributed by atoms with Crippen LogP contribution in [0.1, 0.15) is 107 Å². The summed E-state index contributed by atoms with van der Waals surface area (Å²) in [6.45, 7) is 13.6. The zero-order chi connectivity index (χ0) is 36.8. The van der Waals surface area contributed by atoms with Crippen LogP contribution >= 0.6 is 0 Å². The van der Waals surface area contributed by atoms with Crippen molar-refractivity contribution in [3.63, 3.8) is 0 Å². The van der Waals surface area contributed by atoms with E-state index in [9.17, 15) is 28.8 Å². The molecule has 0 aliphatic heterocycles. The molecule has 0 aliphatic rings. The predicted molar refractivity (Wildman–Crippen MR) is 184 cm³/mol. The smallest absolute Gasteiger partial charge is 0.355 e. The van der Waals surface area contributed by atoms with Gasteiger partial charge >= 0.3 is 24.0 Å². The molecular formula is C32H54N8O8. The molecule has 16 heteroatoms. The van der Waals surface area contributed by atoms with E-state index < -0.39 is 48.0 Å². The first kappa shape index (κ1) is 43.5. The molecule has 0 spiro atoms. The Morgan fingerprint density at radius 1 is 0.521 bits per heavy atom. The van der Waals surface area contributed by atoms with Gasteiger partial charge in [0.05, 0.1) is 24.7 Å². The van der Waals surface area contributed by atoms with E-state index >= 15 is 0 Å². The largest absolute Gasteiger partial charge is 0.462 e. The number of carbonyl (C=O) groups is 6. The minimum atomic E-state index is -0.703. The fourth-order valence-corrected chi connectivity index (χ4v) is 3.69. The summed E-state index contributed by atoms with van der Waals surface area (Å²) in [6, 6.07) is -1.17. The number of amides is 4. The second-order valence-corrected chi connectivity index (χ2v) is 11.6. The number of rotatable bonds is 21. The van der Waals surface area contributed by atoms with Gasteiger partial charge in [-0.15, -0.1) is 0 Å². The Kier molecular flexibility index (Phi) is 21.5. The summed E-state index contributed by atoms with van der Waals surface area (Å²) in [5.74, 6) is -2.08. The lowest BCUT2D eigenvalue weighted by Crippen LogP contribution is -2.30. The molecule has 0 aromatic rings. The van der Waals surface area contributed by atoms with Crippen molar-refractivity contribution >= 4 is 58.4 Å². The number of nitrogens with one attached hydrogen (secondary N) is 4. The number of nitrogens with zero attached hydrogens (tertiary/aromatic N) is 4. The number of aliphatic imine (C=N–C) groups is 1. The number of hydrazone groups is 3. The molecule has 4 unspecified atom stereocenters. The molecule has 0 aromatic heterocycles. The van der Waals surface area contributed by atoms with Crippen LogP contribution in [0.25, 0.3) is 0 Å². The van der Waals surface area contributed by atoms with Gasteiger partial charge in [-0.25, -0.2) is 25.9 Å². The average molecular weight is 679 g/mol. The normalized spacial score (nSPS) is 15.0. The zero-order valence-electron chi connectivity index (χ0n) is 30.0. The van der Waals surface area contributed by atoms with E-state index in [0.29, 0.717) is 30.0 Å². The Morgan fingerprint density at radius 2 is 0.854 bits per heavy atom. The van der Waals surface area contributed by atoms with Crippen molar-refractivity contribution in [1.29, 1.82) is 0 Å². The van der Waals surface area contributed by atoms with E-state index in [4.69, 9.17) is 9.47 Å². The highest BCUT2D eigenvalue weighted by Crippen LogP contribution is 2.15. The number of esters is 2. The monoisotopic (exact) mass is 678 g/mol. The summed E-state index contributed by atoms with van der Waals surface area (Å²) in [6.07, 6.45) is 0.691.